The number of carbonyl (C=O) groups excluding carboxylic acids is 4. The molecular formula is C22H21ClN2O9. The van der Waals surface area contributed by atoms with Gasteiger partial charge in [0.25, 0.3) is 5.91 Å². The topological polar surface area (TPSA) is 134 Å². The molecule has 2 heterocycles. The second-order valence-corrected chi connectivity index (χ2v) is 7.19. The van der Waals surface area contributed by atoms with E-state index in [1.165, 1.54) is 44.6 Å². The molecule has 11 nitrogen and oxygen atoms in total. The van der Waals surface area contributed by atoms with Gasteiger partial charge in [-0.2, -0.15) is 0 Å². The maximum absolute atomic E-state index is 12.9. The Bertz CT molecular complexity index is 1160. The number of carbonyl (C=O) groups is 4. The maximum atomic E-state index is 12.9. The number of hydrogen-bond acceptors (Lipinski definition) is 9. The number of nitrogens with zero attached hydrogens (tertiary/aromatic N) is 1. The zero-order valence-electron chi connectivity index (χ0n) is 18.5. The van der Waals surface area contributed by atoms with Gasteiger partial charge < -0.3 is 28.7 Å². The number of ether oxygens (including phenoxy) is 4. The summed E-state index contributed by atoms with van der Waals surface area (Å²) >= 11 is 6.15. The molecule has 1 aliphatic rings. The van der Waals surface area contributed by atoms with E-state index in [9.17, 15) is 19.2 Å². The molecule has 0 unspecified atom stereocenters. The largest absolute Gasteiger partial charge is 0.493 e. The summed E-state index contributed by atoms with van der Waals surface area (Å²) in [6, 6.07) is 5.09. The zero-order chi connectivity index (χ0) is 24.8. The lowest BCUT2D eigenvalue weighted by Crippen LogP contribution is -2.30. The molecule has 1 fully saturated rings. The maximum Gasteiger partial charge on any atom is 0.373 e. The second kappa shape index (κ2) is 10.8. The molecule has 1 aromatic heterocycles. The zero-order valence-corrected chi connectivity index (χ0v) is 19.3. The molecule has 1 saturated heterocycles. The van der Waals surface area contributed by atoms with E-state index in [1.54, 1.807) is 6.92 Å². The number of methoxy groups -OCH3 is 2. The molecule has 180 valence electrons. The van der Waals surface area contributed by atoms with Crippen LogP contribution in [0.3, 0.4) is 0 Å². The number of imide groups is 1. The van der Waals surface area contributed by atoms with Crippen LogP contribution in [0.1, 0.15) is 28.8 Å². The molecule has 1 N–H and O–H groups in total. The van der Waals surface area contributed by atoms with Crippen molar-refractivity contribution in [1.29, 1.82) is 0 Å². The van der Waals surface area contributed by atoms with Crippen molar-refractivity contribution < 1.29 is 42.5 Å². The number of benzene rings is 1. The highest BCUT2D eigenvalue weighted by molar-refractivity contribution is 6.31. The van der Waals surface area contributed by atoms with Crippen LogP contribution in [0.2, 0.25) is 5.02 Å². The van der Waals surface area contributed by atoms with E-state index in [4.69, 9.17) is 30.2 Å². The third kappa shape index (κ3) is 5.49. The van der Waals surface area contributed by atoms with Crippen molar-refractivity contribution in [3.05, 3.63) is 52.1 Å². The van der Waals surface area contributed by atoms with Crippen LogP contribution in [0.15, 0.2) is 34.4 Å². The monoisotopic (exact) mass is 492 g/mol. The average molecular weight is 493 g/mol. The third-order valence-electron chi connectivity index (χ3n) is 4.53. The van der Waals surface area contributed by atoms with Gasteiger partial charge in [-0.15, -0.1) is 0 Å². The van der Waals surface area contributed by atoms with Crippen molar-refractivity contribution in [2.24, 2.45) is 0 Å². The van der Waals surface area contributed by atoms with Gasteiger partial charge in [-0.05, 0) is 31.2 Å². The fraction of sp³-hybridized carbons (Fsp3) is 0.273. The molecular weight excluding hydrogens is 472 g/mol. The van der Waals surface area contributed by atoms with E-state index in [-0.39, 0.29) is 52.5 Å². The van der Waals surface area contributed by atoms with Crippen molar-refractivity contribution >= 4 is 41.6 Å². The van der Waals surface area contributed by atoms with Crippen LogP contribution in [0, 0.1) is 0 Å². The van der Waals surface area contributed by atoms with E-state index < -0.39 is 30.5 Å². The SMILES string of the molecule is CCOC(=O)COc1c(/C=C2\NC(=O)N(Cc3ccc(C(=O)OC)o3)C2=O)cc(Cl)cc1OC. The lowest BCUT2D eigenvalue weighted by molar-refractivity contribution is -0.145. The first-order valence-corrected chi connectivity index (χ1v) is 10.3. The standard InChI is InChI=1S/C22H21ClN2O9/c1-4-32-18(26)11-33-19-12(7-13(23)9-17(19)30-2)8-15-20(27)25(22(29)24-15)10-14-5-6-16(34-14)21(28)31-3/h5-9H,4,10-11H2,1-3H3,(H,24,29)/b15-8-. The molecule has 1 aliphatic heterocycles. The van der Waals surface area contributed by atoms with Gasteiger partial charge in [-0.3, -0.25) is 9.69 Å². The average Bonchev–Trinajstić information content (AvgIpc) is 3.38. The summed E-state index contributed by atoms with van der Waals surface area (Å²) in [4.78, 5) is 49.5. The molecule has 3 rings (SSSR count). The minimum absolute atomic E-state index is 0.0604. The Hall–Kier alpha value is -3.99. The van der Waals surface area contributed by atoms with Crippen LogP contribution in [-0.4, -0.2) is 56.2 Å². The Balaban J connectivity index is 1.86. The van der Waals surface area contributed by atoms with Crippen molar-refractivity contribution in [3.63, 3.8) is 0 Å². The summed E-state index contributed by atoms with van der Waals surface area (Å²) in [6.07, 6.45) is 1.34. The fourth-order valence-corrected chi connectivity index (χ4v) is 3.25. The first kappa shape index (κ1) is 24.6. The molecule has 12 heteroatoms. The molecule has 1 aromatic carbocycles. The number of halogens is 1. The highest BCUT2D eigenvalue weighted by atomic mass is 35.5. The van der Waals surface area contributed by atoms with E-state index in [0.717, 1.165) is 4.90 Å². The van der Waals surface area contributed by atoms with Crippen LogP contribution in [0.4, 0.5) is 4.79 Å². The number of hydrogen-bond donors (Lipinski definition) is 1. The van der Waals surface area contributed by atoms with Gasteiger partial charge in [0.05, 0.1) is 27.4 Å². The summed E-state index contributed by atoms with van der Waals surface area (Å²) in [5.74, 6) is -1.46. The number of amides is 3. The molecule has 34 heavy (non-hydrogen) atoms. The lowest BCUT2D eigenvalue weighted by atomic mass is 10.1. The van der Waals surface area contributed by atoms with Crippen molar-refractivity contribution in [1.82, 2.24) is 10.2 Å². The second-order valence-electron chi connectivity index (χ2n) is 6.76. The molecule has 0 aliphatic carbocycles. The molecule has 2 aromatic rings. The summed E-state index contributed by atoms with van der Waals surface area (Å²) in [6.45, 7) is 1.22. The molecule has 0 atom stereocenters. The number of furan rings is 1. The van der Waals surface area contributed by atoms with Gasteiger partial charge >= 0.3 is 18.0 Å². The molecule has 0 saturated carbocycles. The summed E-state index contributed by atoms with van der Waals surface area (Å²) in [7, 11) is 2.59. The molecule has 0 spiro atoms. The Morgan fingerprint density at radius 3 is 2.65 bits per heavy atom. The highest BCUT2D eigenvalue weighted by Gasteiger charge is 2.35. The van der Waals surface area contributed by atoms with Gasteiger partial charge in [0.15, 0.2) is 18.1 Å². The first-order valence-electron chi connectivity index (χ1n) is 9.94. The van der Waals surface area contributed by atoms with Crippen molar-refractivity contribution in [3.8, 4) is 11.5 Å². The van der Waals surface area contributed by atoms with E-state index >= 15 is 0 Å². The van der Waals surface area contributed by atoms with E-state index in [2.05, 4.69) is 10.1 Å². The number of esters is 2. The van der Waals surface area contributed by atoms with Gasteiger partial charge in [0, 0.05) is 16.7 Å². The quantitative estimate of drug-likeness (QED) is 0.318. The Morgan fingerprint density at radius 1 is 1.21 bits per heavy atom. The smallest absolute Gasteiger partial charge is 0.373 e. The summed E-state index contributed by atoms with van der Waals surface area (Å²) in [5.41, 5.74) is 0.208. The normalized spacial score (nSPS) is 14.2. The predicted molar refractivity (Wildman–Crippen MR) is 117 cm³/mol. The summed E-state index contributed by atoms with van der Waals surface area (Å²) in [5, 5.41) is 2.74. The van der Waals surface area contributed by atoms with Crippen LogP contribution in [0.25, 0.3) is 6.08 Å². The van der Waals surface area contributed by atoms with Crippen LogP contribution < -0.4 is 14.8 Å². The van der Waals surface area contributed by atoms with Crippen LogP contribution in [-0.2, 0) is 25.6 Å². The van der Waals surface area contributed by atoms with Crippen LogP contribution in [0.5, 0.6) is 11.5 Å². The van der Waals surface area contributed by atoms with Gasteiger partial charge in [0.1, 0.15) is 11.5 Å². The molecule has 0 bridgehead atoms. The Labute approximate surface area is 199 Å². The summed E-state index contributed by atoms with van der Waals surface area (Å²) < 4.78 is 25.6. The van der Waals surface area contributed by atoms with Gasteiger partial charge in [-0.25, -0.2) is 14.4 Å². The third-order valence-corrected chi connectivity index (χ3v) is 4.75. The highest BCUT2D eigenvalue weighted by Crippen LogP contribution is 2.36. The predicted octanol–water partition coefficient (Wildman–Crippen LogP) is 2.76. The lowest BCUT2D eigenvalue weighted by Gasteiger charge is -2.14. The number of urea groups is 1. The fourth-order valence-electron chi connectivity index (χ4n) is 3.04. The van der Waals surface area contributed by atoms with E-state index in [1.807, 2.05) is 0 Å². The first-order chi connectivity index (χ1) is 16.3. The van der Waals surface area contributed by atoms with Gasteiger partial charge in [0.2, 0.25) is 5.76 Å². The van der Waals surface area contributed by atoms with Gasteiger partial charge in [-0.1, -0.05) is 11.6 Å². The van der Waals surface area contributed by atoms with Crippen molar-refractivity contribution in [2.75, 3.05) is 27.4 Å². The van der Waals surface area contributed by atoms with E-state index in [0.29, 0.717) is 0 Å². The molecule has 3 amide bonds. The minimum Gasteiger partial charge on any atom is -0.493 e. The molecule has 0 radical (unpaired) electrons. The van der Waals surface area contributed by atoms with Crippen molar-refractivity contribution in [2.45, 2.75) is 13.5 Å². The number of rotatable bonds is 9. The Kier molecular flexibility index (Phi) is 7.79. The Morgan fingerprint density at radius 2 is 1.97 bits per heavy atom. The van der Waals surface area contributed by atoms with Crippen LogP contribution >= 0.6 is 11.6 Å². The minimum atomic E-state index is -0.699. The number of nitrogens with one attached hydrogen (secondary N) is 1.